The molecule has 3 nitrogen and oxygen atoms in total. The number of hydrogen-bond acceptors (Lipinski definition) is 3. The van der Waals surface area contributed by atoms with Crippen LogP contribution in [0.25, 0.3) is 0 Å². The Morgan fingerprint density at radius 1 is 1.33 bits per heavy atom. The number of aromatic nitrogens is 1. The lowest BCUT2D eigenvalue weighted by Gasteiger charge is -2.06. The second-order valence-corrected chi connectivity index (χ2v) is 5.54. The lowest BCUT2D eigenvalue weighted by molar-refractivity contribution is 0.619. The SMILES string of the molecule is Nc1ccc(Cl)cc1S(=O)Cc1cncc(F)c1. The van der Waals surface area contributed by atoms with Gasteiger partial charge < -0.3 is 5.73 Å². The molecule has 1 aromatic carbocycles. The Balaban J connectivity index is 2.24. The first kappa shape index (κ1) is 13.0. The quantitative estimate of drug-likeness (QED) is 0.882. The van der Waals surface area contributed by atoms with E-state index in [1.54, 1.807) is 18.2 Å². The maximum Gasteiger partial charge on any atom is 0.141 e. The highest BCUT2D eigenvalue weighted by Crippen LogP contribution is 2.23. The number of hydrogen-bond donors (Lipinski definition) is 1. The van der Waals surface area contributed by atoms with E-state index in [2.05, 4.69) is 4.98 Å². The van der Waals surface area contributed by atoms with E-state index in [9.17, 15) is 8.60 Å². The molecule has 0 spiro atoms. The topological polar surface area (TPSA) is 56.0 Å². The molecule has 0 bridgehead atoms. The van der Waals surface area contributed by atoms with Crippen LogP contribution in [-0.4, -0.2) is 9.19 Å². The summed E-state index contributed by atoms with van der Waals surface area (Å²) in [5, 5.41) is 0.463. The zero-order valence-corrected chi connectivity index (χ0v) is 10.8. The maximum absolute atomic E-state index is 13.0. The third-order valence-electron chi connectivity index (χ3n) is 2.28. The van der Waals surface area contributed by atoms with Crippen LogP contribution < -0.4 is 5.73 Å². The molecule has 0 aliphatic heterocycles. The van der Waals surface area contributed by atoms with E-state index in [0.29, 0.717) is 21.2 Å². The van der Waals surface area contributed by atoms with E-state index < -0.39 is 16.6 Å². The first-order chi connectivity index (χ1) is 8.56. The number of anilines is 1. The Morgan fingerprint density at radius 2 is 2.11 bits per heavy atom. The highest BCUT2D eigenvalue weighted by Gasteiger charge is 2.10. The van der Waals surface area contributed by atoms with E-state index in [-0.39, 0.29) is 5.75 Å². The van der Waals surface area contributed by atoms with Gasteiger partial charge in [-0.2, -0.15) is 0 Å². The van der Waals surface area contributed by atoms with E-state index in [4.69, 9.17) is 17.3 Å². The normalized spacial score (nSPS) is 12.3. The molecule has 0 fully saturated rings. The number of nitrogens with two attached hydrogens (primary N) is 1. The highest BCUT2D eigenvalue weighted by atomic mass is 35.5. The third-order valence-corrected chi connectivity index (χ3v) is 3.95. The Labute approximate surface area is 111 Å². The van der Waals surface area contributed by atoms with Crippen LogP contribution in [0.15, 0.2) is 41.6 Å². The highest BCUT2D eigenvalue weighted by molar-refractivity contribution is 7.84. The Hall–Kier alpha value is -1.46. The summed E-state index contributed by atoms with van der Waals surface area (Å²) in [4.78, 5) is 4.15. The maximum atomic E-state index is 13.0. The van der Waals surface area contributed by atoms with Gasteiger partial charge in [0, 0.05) is 16.9 Å². The molecule has 0 radical (unpaired) electrons. The Bertz CT molecular complexity index is 606. The zero-order chi connectivity index (χ0) is 13.1. The van der Waals surface area contributed by atoms with Crippen LogP contribution in [-0.2, 0) is 16.6 Å². The minimum absolute atomic E-state index is 0.148. The average molecular weight is 285 g/mol. The molecule has 0 saturated carbocycles. The molecule has 0 amide bonds. The summed E-state index contributed by atoms with van der Waals surface area (Å²) >= 11 is 5.83. The van der Waals surface area contributed by atoms with Gasteiger partial charge in [-0.1, -0.05) is 11.6 Å². The van der Waals surface area contributed by atoms with Gasteiger partial charge in [-0.15, -0.1) is 0 Å². The molecule has 1 atom stereocenters. The molecule has 1 aromatic heterocycles. The van der Waals surface area contributed by atoms with Crippen molar-refractivity contribution < 1.29 is 8.60 Å². The van der Waals surface area contributed by atoms with E-state index in [1.165, 1.54) is 12.3 Å². The smallest absolute Gasteiger partial charge is 0.141 e. The van der Waals surface area contributed by atoms with Gasteiger partial charge in [0.25, 0.3) is 0 Å². The molecular formula is C12H10ClFN2OS. The van der Waals surface area contributed by atoms with Crippen molar-refractivity contribution >= 4 is 28.1 Å². The lowest BCUT2D eigenvalue weighted by Crippen LogP contribution is -2.01. The van der Waals surface area contributed by atoms with Gasteiger partial charge in [-0.3, -0.25) is 9.19 Å². The number of halogens is 2. The van der Waals surface area contributed by atoms with Crippen LogP contribution in [0.4, 0.5) is 10.1 Å². The van der Waals surface area contributed by atoms with Crippen molar-refractivity contribution in [3.8, 4) is 0 Å². The van der Waals surface area contributed by atoms with Gasteiger partial charge in [0.05, 0.1) is 27.6 Å². The molecule has 0 saturated heterocycles. The molecule has 0 aliphatic carbocycles. The number of nitrogens with zero attached hydrogens (tertiary/aromatic N) is 1. The molecule has 2 rings (SSSR count). The minimum Gasteiger partial charge on any atom is -0.398 e. The fraction of sp³-hybridized carbons (Fsp3) is 0.0833. The first-order valence-electron chi connectivity index (χ1n) is 5.09. The van der Waals surface area contributed by atoms with Crippen LogP contribution in [0.3, 0.4) is 0 Å². The predicted molar refractivity (Wildman–Crippen MR) is 70.2 cm³/mol. The van der Waals surface area contributed by atoms with Crippen LogP contribution >= 0.6 is 11.6 Å². The van der Waals surface area contributed by atoms with Gasteiger partial charge in [-0.25, -0.2) is 4.39 Å². The molecule has 2 aromatic rings. The van der Waals surface area contributed by atoms with Gasteiger partial charge in [0.1, 0.15) is 5.82 Å². The van der Waals surface area contributed by atoms with Crippen molar-refractivity contribution in [1.29, 1.82) is 0 Å². The number of benzene rings is 1. The molecule has 18 heavy (non-hydrogen) atoms. The largest absolute Gasteiger partial charge is 0.398 e. The molecule has 0 aliphatic rings. The summed E-state index contributed by atoms with van der Waals surface area (Å²) in [6, 6.07) is 6.08. The summed E-state index contributed by atoms with van der Waals surface area (Å²) in [6.45, 7) is 0. The van der Waals surface area contributed by atoms with Gasteiger partial charge in [-0.05, 0) is 29.8 Å². The van der Waals surface area contributed by atoms with Gasteiger partial charge >= 0.3 is 0 Å². The van der Waals surface area contributed by atoms with Crippen molar-refractivity contribution in [3.05, 3.63) is 53.1 Å². The molecule has 1 unspecified atom stereocenters. The second kappa shape index (κ2) is 5.46. The monoisotopic (exact) mass is 284 g/mol. The van der Waals surface area contributed by atoms with Gasteiger partial charge in [0.15, 0.2) is 0 Å². The summed E-state index contributed by atoms with van der Waals surface area (Å²) in [5.41, 5.74) is 6.69. The van der Waals surface area contributed by atoms with Crippen LogP contribution in [0.2, 0.25) is 5.02 Å². The van der Waals surface area contributed by atoms with Crippen LogP contribution in [0.5, 0.6) is 0 Å². The third kappa shape index (κ3) is 3.05. The van der Waals surface area contributed by atoms with E-state index >= 15 is 0 Å². The molecule has 1 heterocycles. The predicted octanol–water partition coefficient (Wildman–Crippen LogP) is 2.76. The van der Waals surface area contributed by atoms with E-state index in [1.807, 2.05) is 0 Å². The van der Waals surface area contributed by atoms with Gasteiger partial charge in [0.2, 0.25) is 0 Å². The first-order valence-corrected chi connectivity index (χ1v) is 6.79. The minimum atomic E-state index is -1.38. The summed E-state index contributed by atoms with van der Waals surface area (Å²) in [5.74, 6) is -0.307. The van der Waals surface area contributed by atoms with Crippen LogP contribution in [0.1, 0.15) is 5.56 Å². The van der Waals surface area contributed by atoms with Crippen molar-refractivity contribution in [2.75, 3.05) is 5.73 Å². The number of pyridine rings is 1. The number of nitrogen functional groups attached to an aromatic ring is 1. The van der Waals surface area contributed by atoms with Crippen molar-refractivity contribution in [2.45, 2.75) is 10.6 Å². The Kier molecular flexibility index (Phi) is 3.93. The standard InChI is InChI=1S/C12H10ClFN2OS/c13-9-1-2-11(15)12(4-9)18(17)7-8-3-10(14)6-16-5-8/h1-6H,7,15H2. The molecular weight excluding hydrogens is 275 g/mol. The fourth-order valence-electron chi connectivity index (χ4n) is 1.47. The number of rotatable bonds is 3. The molecule has 94 valence electrons. The summed E-state index contributed by atoms with van der Waals surface area (Å²) in [7, 11) is -1.38. The fourth-order valence-corrected chi connectivity index (χ4v) is 2.91. The summed E-state index contributed by atoms with van der Waals surface area (Å²) < 4.78 is 25.1. The average Bonchev–Trinajstić information content (AvgIpc) is 2.32. The lowest BCUT2D eigenvalue weighted by atomic mass is 10.3. The Morgan fingerprint density at radius 3 is 2.83 bits per heavy atom. The van der Waals surface area contributed by atoms with Crippen LogP contribution in [0, 0.1) is 5.82 Å². The van der Waals surface area contributed by atoms with Crippen molar-refractivity contribution in [3.63, 3.8) is 0 Å². The van der Waals surface area contributed by atoms with E-state index in [0.717, 1.165) is 6.20 Å². The zero-order valence-electron chi connectivity index (χ0n) is 9.27. The second-order valence-electron chi connectivity index (χ2n) is 3.68. The van der Waals surface area contributed by atoms with Crippen molar-refractivity contribution in [1.82, 2.24) is 4.98 Å². The summed E-state index contributed by atoms with van der Waals surface area (Å²) in [6.07, 6.45) is 2.57. The molecule has 2 N–H and O–H groups in total. The molecule has 6 heteroatoms. The van der Waals surface area contributed by atoms with Crippen molar-refractivity contribution in [2.24, 2.45) is 0 Å².